The van der Waals surface area contributed by atoms with Gasteiger partial charge in [0.15, 0.2) is 0 Å². The number of hydrogen-bond donors (Lipinski definition) is 1. The molecule has 2 aromatic heterocycles. The van der Waals surface area contributed by atoms with Gasteiger partial charge in [-0.25, -0.2) is 0 Å². The zero-order valence-corrected chi connectivity index (χ0v) is 12.7. The van der Waals surface area contributed by atoms with Crippen LogP contribution in [0.15, 0.2) is 18.2 Å². The minimum absolute atomic E-state index is 0.507. The quantitative estimate of drug-likeness (QED) is 0.904. The third-order valence-electron chi connectivity index (χ3n) is 3.50. The van der Waals surface area contributed by atoms with E-state index in [9.17, 15) is 0 Å². The van der Waals surface area contributed by atoms with Gasteiger partial charge in [-0.1, -0.05) is 6.07 Å². The molecule has 2 aromatic rings. The Bertz CT molecular complexity index is 588. The molecule has 108 valence electrons. The summed E-state index contributed by atoms with van der Waals surface area (Å²) in [6.45, 7) is 8.32. The Morgan fingerprint density at radius 3 is 2.65 bits per heavy atom. The van der Waals surface area contributed by atoms with Crippen LogP contribution in [-0.4, -0.2) is 21.3 Å². The fourth-order valence-electron chi connectivity index (χ4n) is 2.54. The van der Waals surface area contributed by atoms with Crippen LogP contribution in [0.5, 0.6) is 0 Å². The third kappa shape index (κ3) is 2.82. The summed E-state index contributed by atoms with van der Waals surface area (Å²) in [6, 6.07) is 6.12. The van der Waals surface area contributed by atoms with Gasteiger partial charge in [0.1, 0.15) is 5.82 Å². The SMILES string of the molecule is CCN(Cc1cccc(C)n1)c1c(CN)c(C)nn1C. The van der Waals surface area contributed by atoms with Gasteiger partial charge in [-0.2, -0.15) is 5.10 Å². The second kappa shape index (κ2) is 6.05. The minimum atomic E-state index is 0.507. The van der Waals surface area contributed by atoms with Gasteiger partial charge < -0.3 is 10.6 Å². The highest BCUT2D eigenvalue weighted by atomic mass is 15.4. The number of hydrogen-bond acceptors (Lipinski definition) is 4. The highest BCUT2D eigenvalue weighted by molar-refractivity contribution is 5.50. The Morgan fingerprint density at radius 2 is 2.05 bits per heavy atom. The predicted molar refractivity (Wildman–Crippen MR) is 81.5 cm³/mol. The van der Waals surface area contributed by atoms with Crippen LogP contribution in [0.4, 0.5) is 5.82 Å². The molecule has 0 spiro atoms. The van der Waals surface area contributed by atoms with Crippen LogP contribution in [0.25, 0.3) is 0 Å². The molecule has 0 fully saturated rings. The molecule has 0 bridgehead atoms. The van der Waals surface area contributed by atoms with Crippen molar-refractivity contribution < 1.29 is 0 Å². The number of aryl methyl sites for hydroxylation is 3. The molecular formula is C15H23N5. The molecule has 0 unspecified atom stereocenters. The van der Waals surface area contributed by atoms with Gasteiger partial charge in [-0.3, -0.25) is 9.67 Å². The molecule has 0 aromatic carbocycles. The summed E-state index contributed by atoms with van der Waals surface area (Å²) in [4.78, 5) is 6.84. The lowest BCUT2D eigenvalue weighted by atomic mass is 10.2. The van der Waals surface area contributed by atoms with E-state index in [1.165, 1.54) is 0 Å². The predicted octanol–water partition coefficient (Wildman–Crippen LogP) is 1.92. The first kappa shape index (κ1) is 14.5. The minimum Gasteiger partial charge on any atom is -0.351 e. The molecule has 2 N–H and O–H groups in total. The highest BCUT2D eigenvalue weighted by Gasteiger charge is 2.17. The molecule has 0 saturated heterocycles. The van der Waals surface area contributed by atoms with Crippen molar-refractivity contribution in [2.75, 3.05) is 11.4 Å². The first-order valence-electron chi connectivity index (χ1n) is 6.96. The van der Waals surface area contributed by atoms with Crippen molar-refractivity contribution in [2.45, 2.75) is 33.9 Å². The van der Waals surface area contributed by atoms with Gasteiger partial charge in [0, 0.05) is 31.4 Å². The number of anilines is 1. The van der Waals surface area contributed by atoms with Crippen molar-refractivity contribution in [1.82, 2.24) is 14.8 Å². The Kier molecular flexibility index (Phi) is 4.39. The maximum Gasteiger partial charge on any atom is 0.131 e. The van der Waals surface area contributed by atoms with E-state index in [1.807, 2.05) is 37.7 Å². The highest BCUT2D eigenvalue weighted by Crippen LogP contribution is 2.24. The number of nitrogens with two attached hydrogens (primary N) is 1. The van der Waals surface area contributed by atoms with Gasteiger partial charge >= 0.3 is 0 Å². The standard InChI is InChI=1S/C15H23N5/c1-5-20(10-13-8-6-7-11(2)17-13)15-14(9-16)12(3)18-19(15)4/h6-8H,5,9-10,16H2,1-4H3. The molecular weight excluding hydrogens is 250 g/mol. The fraction of sp³-hybridized carbons (Fsp3) is 0.467. The van der Waals surface area contributed by atoms with E-state index in [2.05, 4.69) is 28.0 Å². The van der Waals surface area contributed by atoms with Gasteiger partial charge in [0.25, 0.3) is 0 Å². The van der Waals surface area contributed by atoms with Crippen LogP contribution < -0.4 is 10.6 Å². The van der Waals surface area contributed by atoms with Gasteiger partial charge in [-0.05, 0) is 32.9 Å². The lowest BCUT2D eigenvalue weighted by Crippen LogP contribution is -2.26. The van der Waals surface area contributed by atoms with Crippen molar-refractivity contribution in [3.63, 3.8) is 0 Å². The van der Waals surface area contributed by atoms with Crippen LogP contribution in [-0.2, 0) is 20.1 Å². The maximum absolute atomic E-state index is 5.88. The summed E-state index contributed by atoms with van der Waals surface area (Å²) in [5.74, 6) is 1.09. The Labute approximate surface area is 120 Å². The van der Waals surface area contributed by atoms with E-state index in [-0.39, 0.29) is 0 Å². The monoisotopic (exact) mass is 273 g/mol. The zero-order valence-electron chi connectivity index (χ0n) is 12.7. The molecule has 0 saturated carbocycles. The first-order valence-corrected chi connectivity index (χ1v) is 6.96. The van der Waals surface area contributed by atoms with Crippen molar-refractivity contribution in [2.24, 2.45) is 12.8 Å². The van der Waals surface area contributed by atoms with E-state index in [0.29, 0.717) is 6.54 Å². The van der Waals surface area contributed by atoms with Gasteiger partial charge in [-0.15, -0.1) is 0 Å². The molecule has 5 nitrogen and oxygen atoms in total. The summed E-state index contributed by atoms with van der Waals surface area (Å²) < 4.78 is 1.91. The summed E-state index contributed by atoms with van der Waals surface area (Å²) in [6.07, 6.45) is 0. The molecule has 20 heavy (non-hydrogen) atoms. The Morgan fingerprint density at radius 1 is 1.30 bits per heavy atom. The molecule has 2 heterocycles. The summed E-state index contributed by atoms with van der Waals surface area (Å²) in [7, 11) is 1.97. The number of nitrogens with zero attached hydrogens (tertiary/aromatic N) is 4. The molecule has 5 heteroatoms. The first-order chi connectivity index (χ1) is 9.56. The molecule has 2 rings (SSSR count). The third-order valence-corrected chi connectivity index (χ3v) is 3.50. The van der Waals surface area contributed by atoms with E-state index in [4.69, 9.17) is 5.73 Å². The average Bonchev–Trinajstić information content (AvgIpc) is 2.70. The molecule has 0 aliphatic carbocycles. The lowest BCUT2D eigenvalue weighted by Gasteiger charge is -2.24. The summed E-state index contributed by atoms with van der Waals surface area (Å²) >= 11 is 0. The zero-order chi connectivity index (χ0) is 14.7. The van der Waals surface area contributed by atoms with Gasteiger partial charge in [0.2, 0.25) is 0 Å². The van der Waals surface area contributed by atoms with Crippen LogP contribution in [0, 0.1) is 13.8 Å². The Hall–Kier alpha value is -1.88. The average molecular weight is 273 g/mol. The van der Waals surface area contributed by atoms with Crippen LogP contribution in [0.2, 0.25) is 0 Å². The number of pyridine rings is 1. The molecule has 0 atom stereocenters. The van der Waals surface area contributed by atoms with Crippen LogP contribution in [0.1, 0.15) is 29.6 Å². The largest absolute Gasteiger partial charge is 0.351 e. The molecule has 0 aliphatic rings. The van der Waals surface area contributed by atoms with Crippen LogP contribution in [0.3, 0.4) is 0 Å². The molecule has 0 aliphatic heterocycles. The summed E-state index contributed by atoms with van der Waals surface area (Å²) in [5.41, 5.74) is 10.1. The van der Waals surface area contributed by atoms with Crippen LogP contribution >= 0.6 is 0 Å². The molecule has 0 radical (unpaired) electrons. The number of aromatic nitrogens is 3. The van der Waals surface area contributed by atoms with E-state index in [1.54, 1.807) is 0 Å². The maximum atomic E-state index is 5.88. The fourth-order valence-corrected chi connectivity index (χ4v) is 2.54. The van der Waals surface area contributed by atoms with Crippen molar-refractivity contribution in [1.29, 1.82) is 0 Å². The van der Waals surface area contributed by atoms with Crippen molar-refractivity contribution in [3.8, 4) is 0 Å². The van der Waals surface area contributed by atoms with E-state index >= 15 is 0 Å². The second-order valence-electron chi connectivity index (χ2n) is 5.00. The topological polar surface area (TPSA) is 60.0 Å². The van der Waals surface area contributed by atoms with E-state index in [0.717, 1.165) is 41.6 Å². The smallest absolute Gasteiger partial charge is 0.131 e. The second-order valence-corrected chi connectivity index (χ2v) is 5.00. The molecule has 0 amide bonds. The normalized spacial score (nSPS) is 10.8. The Balaban J connectivity index is 2.33. The van der Waals surface area contributed by atoms with Crippen molar-refractivity contribution in [3.05, 3.63) is 40.8 Å². The van der Waals surface area contributed by atoms with Gasteiger partial charge in [0.05, 0.1) is 17.9 Å². The van der Waals surface area contributed by atoms with Crippen molar-refractivity contribution >= 4 is 5.82 Å². The number of rotatable bonds is 5. The van der Waals surface area contributed by atoms with E-state index < -0.39 is 0 Å². The summed E-state index contributed by atoms with van der Waals surface area (Å²) in [5, 5.41) is 4.48. The lowest BCUT2D eigenvalue weighted by molar-refractivity contribution is 0.697.